The van der Waals surface area contributed by atoms with Crippen molar-refractivity contribution in [2.75, 3.05) is 18.5 Å². The lowest BCUT2D eigenvalue weighted by Crippen LogP contribution is -2.38. The van der Waals surface area contributed by atoms with E-state index < -0.39 is 35.0 Å². The fourth-order valence-corrected chi connectivity index (χ4v) is 2.27. The zero-order chi connectivity index (χ0) is 18.3. The quantitative estimate of drug-likeness (QED) is 0.523. The molecule has 0 radical (unpaired) electrons. The second kappa shape index (κ2) is 9.27. The molecule has 1 aromatic carbocycles. The van der Waals surface area contributed by atoms with Crippen molar-refractivity contribution < 1.29 is 27.9 Å². The van der Waals surface area contributed by atoms with E-state index in [2.05, 4.69) is 5.32 Å². The van der Waals surface area contributed by atoms with Gasteiger partial charge in [-0.25, -0.2) is 13.2 Å². The molecule has 134 valence electrons. The smallest absolute Gasteiger partial charge is 0.313 e. The maximum Gasteiger partial charge on any atom is 0.313 e. The molecule has 3 N–H and O–H groups in total. The van der Waals surface area contributed by atoms with Crippen LogP contribution in [-0.4, -0.2) is 30.1 Å². The molecule has 1 rings (SSSR count). The maximum atomic E-state index is 13.5. The molecule has 0 aromatic heterocycles. The third-order valence-electron chi connectivity index (χ3n) is 3.38. The van der Waals surface area contributed by atoms with E-state index in [1.165, 1.54) is 0 Å². The van der Waals surface area contributed by atoms with Crippen molar-refractivity contribution in [2.24, 2.45) is 11.8 Å². The van der Waals surface area contributed by atoms with Crippen molar-refractivity contribution in [1.29, 1.82) is 0 Å². The number of hydrogen-bond donors (Lipinski definition) is 3. The number of hydrogen-bond acceptors (Lipinski definition) is 3. The van der Waals surface area contributed by atoms with Crippen LogP contribution in [0.5, 0.6) is 0 Å². The number of amides is 2. The van der Waals surface area contributed by atoms with E-state index in [0.717, 1.165) is 12.5 Å². The summed E-state index contributed by atoms with van der Waals surface area (Å²) in [6, 6.07) is 1.47. The number of anilines is 1. The lowest BCUT2D eigenvalue weighted by Gasteiger charge is -2.18. The Balaban J connectivity index is 2.62. The molecule has 0 saturated carbocycles. The number of aliphatic hydroxyl groups is 1. The van der Waals surface area contributed by atoms with Crippen molar-refractivity contribution in [3.8, 4) is 0 Å². The van der Waals surface area contributed by atoms with E-state index in [-0.39, 0.29) is 19.1 Å². The molecule has 0 aliphatic carbocycles. The highest BCUT2D eigenvalue weighted by molar-refractivity contribution is 6.39. The van der Waals surface area contributed by atoms with Crippen LogP contribution >= 0.6 is 0 Å². The van der Waals surface area contributed by atoms with E-state index in [9.17, 15) is 22.8 Å². The number of halogens is 3. The lowest BCUT2D eigenvalue weighted by molar-refractivity contribution is -0.136. The zero-order valence-electron chi connectivity index (χ0n) is 13.5. The molecule has 0 bridgehead atoms. The predicted octanol–water partition coefficient (Wildman–Crippen LogP) is 2.20. The Kier molecular flexibility index (Phi) is 7.70. The first-order chi connectivity index (χ1) is 11.3. The molecule has 0 heterocycles. The van der Waals surface area contributed by atoms with Crippen molar-refractivity contribution in [1.82, 2.24) is 5.32 Å². The number of benzene rings is 1. The van der Waals surface area contributed by atoms with E-state index in [4.69, 9.17) is 5.11 Å². The molecule has 1 atom stereocenters. The Bertz CT molecular complexity index is 594. The summed E-state index contributed by atoms with van der Waals surface area (Å²) in [5.74, 6) is -6.56. The topological polar surface area (TPSA) is 78.4 Å². The summed E-state index contributed by atoms with van der Waals surface area (Å²) in [4.78, 5) is 23.4. The fourth-order valence-electron chi connectivity index (χ4n) is 2.27. The minimum absolute atomic E-state index is 0.00764. The summed E-state index contributed by atoms with van der Waals surface area (Å²) in [7, 11) is 0. The van der Waals surface area contributed by atoms with Crippen molar-refractivity contribution in [3.05, 3.63) is 29.6 Å². The minimum atomic E-state index is -1.73. The summed E-state index contributed by atoms with van der Waals surface area (Å²) in [5, 5.41) is 13.3. The number of carbonyl (C=O) groups excluding carboxylic acids is 2. The highest BCUT2D eigenvalue weighted by atomic mass is 19.2. The zero-order valence-corrected chi connectivity index (χ0v) is 13.5. The van der Waals surface area contributed by atoms with Crippen LogP contribution in [0.15, 0.2) is 12.1 Å². The summed E-state index contributed by atoms with van der Waals surface area (Å²) in [5.41, 5.74) is -0.622. The van der Waals surface area contributed by atoms with Gasteiger partial charge in [-0.3, -0.25) is 9.59 Å². The summed E-state index contributed by atoms with van der Waals surface area (Å²) in [6.45, 7) is 4.11. The summed E-state index contributed by atoms with van der Waals surface area (Å²) < 4.78 is 39.3. The molecule has 24 heavy (non-hydrogen) atoms. The molecule has 0 fully saturated rings. The Morgan fingerprint density at radius 2 is 1.79 bits per heavy atom. The van der Waals surface area contributed by atoms with Crippen molar-refractivity contribution >= 4 is 17.5 Å². The first-order valence-corrected chi connectivity index (χ1v) is 7.59. The first-order valence-electron chi connectivity index (χ1n) is 7.59. The Morgan fingerprint density at radius 1 is 1.12 bits per heavy atom. The van der Waals surface area contributed by atoms with Gasteiger partial charge in [0, 0.05) is 13.2 Å². The minimum Gasteiger partial charge on any atom is -0.396 e. The lowest BCUT2D eigenvalue weighted by atomic mass is 9.94. The normalized spacial score (nSPS) is 12.1. The van der Waals surface area contributed by atoms with Gasteiger partial charge in [-0.1, -0.05) is 13.8 Å². The van der Waals surface area contributed by atoms with E-state index in [1.807, 2.05) is 19.2 Å². The Labute approximate surface area is 138 Å². The summed E-state index contributed by atoms with van der Waals surface area (Å²) >= 11 is 0. The van der Waals surface area contributed by atoms with E-state index in [0.29, 0.717) is 18.4 Å². The van der Waals surface area contributed by atoms with E-state index >= 15 is 0 Å². The Morgan fingerprint density at radius 3 is 2.38 bits per heavy atom. The third kappa shape index (κ3) is 5.84. The van der Waals surface area contributed by atoms with Gasteiger partial charge in [0.15, 0.2) is 17.5 Å². The molecule has 0 spiro atoms. The van der Waals surface area contributed by atoms with Crippen LogP contribution in [0.2, 0.25) is 0 Å². The van der Waals surface area contributed by atoms with Crippen LogP contribution in [0.3, 0.4) is 0 Å². The fraction of sp³-hybridized carbons (Fsp3) is 0.500. The van der Waals surface area contributed by atoms with Gasteiger partial charge in [-0.2, -0.15) is 0 Å². The van der Waals surface area contributed by atoms with Crippen LogP contribution in [0, 0.1) is 29.3 Å². The first kappa shape index (κ1) is 20.0. The third-order valence-corrected chi connectivity index (χ3v) is 3.38. The molecular formula is C16H21F3N2O3. The highest BCUT2D eigenvalue weighted by Crippen LogP contribution is 2.19. The largest absolute Gasteiger partial charge is 0.396 e. The van der Waals surface area contributed by atoms with Crippen LogP contribution in [0.25, 0.3) is 0 Å². The number of nitrogens with one attached hydrogen (secondary N) is 2. The molecule has 8 heteroatoms. The number of rotatable bonds is 7. The molecule has 2 amide bonds. The van der Waals surface area contributed by atoms with Gasteiger partial charge in [0.2, 0.25) is 0 Å². The molecule has 1 unspecified atom stereocenters. The van der Waals surface area contributed by atoms with Crippen LogP contribution < -0.4 is 10.6 Å². The maximum absolute atomic E-state index is 13.5. The van der Waals surface area contributed by atoms with Crippen molar-refractivity contribution in [3.63, 3.8) is 0 Å². The van der Waals surface area contributed by atoms with Gasteiger partial charge in [0.1, 0.15) is 0 Å². The molecule has 0 aliphatic heterocycles. The van der Waals surface area contributed by atoms with Gasteiger partial charge < -0.3 is 15.7 Å². The monoisotopic (exact) mass is 346 g/mol. The van der Waals surface area contributed by atoms with E-state index in [1.54, 1.807) is 0 Å². The van der Waals surface area contributed by atoms with Gasteiger partial charge in [-0.15, -0.1) is 0 Å². The van der Waals surface area contributed by atoms with Crippen LogP contribution in [0.4, 0.5) is 18.9 Å². The van der Waals surface area contributed by atoms with Gasteiger partial charge in [0.25, 0.3) is 0 Å². The second-order valence-corrected chi connectivity index (χ2v) is 5.89. The molecular weight excluding hydrogens is 325 g/mol. The molecule has 0 saturated heterocycles. The Hall–Kier alpha value is -2.09. The predicted molar refractivity (Wildman–Crippen MR) is 82.6 cm³/mol. The van der Waals surface area contributed by atoms with Gasteiger partial charge >= 0.3 is 11.8 Å². The average Bonchev–Trinajstić information content (AvgIpc) is 2.52. The standard InChI is InChI=1S/C16H21F3N2O3/c1-9(2)7-10(5-6-22)8-20-15(23)16(24)21-12-4-3-11(17)13(18)14(12)19/h3-4,9-10,22H,5-8H2,1-2H3,(H,20,23)(H,21,24). The summed E-state index contributed by atoms with van der Waals surface area (Å²) in [6.07, 6.45) is 1.22. The molecule has 0 aliphatic rings. The SMILES string of the molecule is CC(C)CC(CCO)CNC(=O)C(=O)Nc1ccc(F)c(F)c1F. The molecule has 1 aromatic rings. The van der Waals surface area contributed by atoms with Crippen molar-refractivity contribution in [2.45, 2.75) is 26.7 Å². The molecule has 5 nitrogen and oxygen atoms in total. The average molecular weight is 346 g/mol. The van der Waals surface area contributed by atoms with Crippen LogP contribution in [0.1, 0.15) is 26.7 Å². The highest BCUT2D eigenvalue weighted by Gasteiger charge is 2.20. The van der Waals surface area contributed by atoms with Gasteiger partial charge in [-0.05, 0) is 36.8 Å². The second-order valence-electron chi connectivity index (χ2n) is 5.89. The number of carbonyl (C=O) groups is 2. The van der Waals surface area contributed by atoms with Gasteiger partial charge in [0.05, 0.1) is 5.69 Å². The van der Waals surface area contributed by atoms with Crippen LogP contribution in [-0.2, 0) is 9.59 Å². The number of aliphatic hydroxyl groups excluding tert-OH is 1.